The van der Waals surface area contributed by atoms with Crippen molar-refractivity contribution >= 4 is 21.7 Å². The number of amides is 2. The van der Waals surface area contributed by atoms with Crippen molar-refractivity contribution in [2.45, 2.75) is 25.5 Å². The number of rotatable bonds is 5. The molecule has 0 bridgehead atoms. The molecule has 2 amide bonds. The fourth-order valence-corrected chi connectivity index (χ4v) is 3.86. The number of ether oxygens (including phenoxy) is 1. The van der Waals surface area contributed by atoms with Crippen molar-refractivity contribution in [3.63, 3.8) is 0 Å². The molecular weight excluding hydrogens is 308 g/mol. The summed E-state index contributed by atoms with van der Waals surface area (Å²) >= 11 is 0. The standard InChI is InChI=1S/C14H18N2O5S/c1-9(14(18)16-11-6-7-22(19,20)8-11)21-12-4-2-10(3-5-12)13(15)17/h2-5,9,11H,6-8H2,1H3,(H2,15,17)(H,16,18)/t9-,11+/m1/s1. The Bertz CT molecular complexity index is 669. The lowest BCUT2D eigenvalue weighted by molar-refractivity contribution is -0.127. The first-order chi connectivity index (χ1) is 10.3. The Morgan fingerprint density at radius 1 is 1.32 bits per heavy atom. The average Bonchev–Trinajstić information content (AvgIpc) is 2.78. The summed E-state index contributed by atoms with van der Waals surface area (Å²) < 4.78 is 28.2. The summed E-state index contributed by atoms with van der Waals surface area (Å²) in [6.45, 7) is 1.57. The van der Waals surface area contributed by atoms with Crippen molar-refractivity contribution < 1.29 is 22.7 Å². The summed E-state index contributed by atoms with van der Waals surface area (Å²) in [5, 5.41) is 2.67. The maximum absolute atomic E-state index is 12.0. The molecule has 22 heavy (non-hydrogen) atoms. The topological polar surface area (TPSA) is 116 Å². The van der Waals surface area contributed by atoms with Crippen molar-refractivity contribution in [3.05, 3.63) is 29.8 Å². The minimum atomic E-state index is -3.04. The van der Waals surface area contributed by atoms with Crippen LogP contribution in [0.3, 0.4) is 0 Å². The number of hydrogen-bond acceptors (Lipinski definition) is 5. The van der Waals surface area contributed by atoms with Gasteiger partial charge in [0.05, 0.1) is 11.5 Å². The SMILES string of the molecule is C[C@@H](Oc1ccc(C(N)=O)cc1)C(=O)N[C@H]1CCS(=O)(=O)C1. The van der Waals surface area contributed by atoms with Crippen molar-refractivity contribution in [2.75, 3.05) is 11.5 Å². The van der Waals surface area contributed by atoms with Crippen LogP contribution in [0.1, 0.15) is 23.7 Å². The molecule has 8 heteroatoms. The van der Waals surface area contributed by atoms with E-state index in [4.69, 9.17) is 10.5 Å². The molecule has 1 fully saturated rings. The van der Waals surface area contributed by atoms with Gasteiger partial charge in [0, 0.05) is 11.6 Å². The van der Waals surface area contributed by atoms with E-state index in [1.807, 2.05) is 0 Å². The van der Waals surface area contributed by atoms with E-state index in [-0.39, 0.29) is 23.5 Å². The molecule has 0 aromatic heterocycles. The van der Waals surface area contributed by atoms with Crippen LogP contribution in [0.15, 0.2) is 24.3 Å². The molecule has 1 aliphatic heterocycles. The molecule has 7 nitrogen and oxygen atoms in total. The Labute approximate surface area is 128 Å². The molecule has 2 atom stereocenters. The monoisotopic (exact) mass is 326 g/mol. The van der Waals surface area contributed by atoms with E-state index in [9.17, 15) is 18.0 Å². The molecule has 2 rings (SSSR count). The first-order valence-corrected chi connectivity index (χ1v) is 8.66. The third-order valence-electron chi connectivity index (χ3n) is 3.40. The van der Waals surface area contributed by atoms with Gasteiger partial charge in [0.1, 0.15) is 5.75 Å². The molecule has 0 saturated carbocycles. The number of primary amides is 1. The van der Waals surface area contributed by atoms with Crippen molar-refractivity contribution in [2.24, 2.45) is 5.73 Å². The number of nitrogens with two attached hydrogens (primary N) is 1. The fraction of sp³-hybridized carbons (Fsp3) is 0.429. The van der Waals surface area contributed by atoms with Crippen LogP contribution in [-0.2, 0) is 14.6 Å². The van der Waals surface area contributed by atoms with E-state index in [1.165, 1.54) is 12.1 Å². The predicted molar refractivity (Wildman–Crippen MR) is 80.3 cm³/mol. The highest BCUT2D eigenvalue weighted by molar-refractivity contribution is 7.91. The number of sulfone groups is 1. The molecule has 0 radical (unpaired) electrons. The zero-order valence-electron chi connectivity index (χ0n) is 12.1. The average molecular weight is 326 g/mol. The summed E-state index contributed by atoms with van der Waals surface area (Å²) in [4.78, 5) is 22.9. The summed E-state index contributed by atoms with van der Waals surface area (Å²) in [5.41, 5.74) is 5.48. The summed E-state index contributed by atoms with van der Waals surface area (Å²) in [6.07, 6.45) is -0.351. The zero-order chi connectivity index (χ0) is 16.3. The van der Waals surface area contributed by atoms with Crippen LogP contribution in [0.5, 0.6) is 5.75 Å². The second kappa shape index (κ2) is 6.35. The van der Waals surface area contributed by atoms with Gasteiger partial charge in [-0.3, -0.25) is 9.59 Å². The van der Waals surface area contributed by atoms with E-state index in [0.29, 0.717) is 17.7 Å². The zero-order valence-corrected chi connectivity index (χ0v) is 12.9. The van der Waals surface area contributed by atoms with Gasteiger partial charge >= 0.3 is 0 Å². The largest absolute Gasteiger partial charge is 0.481 e. The molecular formula is C14H18N2O5S. The predicted octanol–water partition coefficient (Wildman–Crippen LogP) is -0.144. The molecule has 0 aliphatic carbocycles. The lowest BCUT2D eigenvalue weighted by atomic mass is 10.2. The number of nitrogens with one attached hydrogen (secondary N) is 1. The van der Waals surface area contributed by atoms with Crippen LogP contribution in [-0.4, -0.2) is 43.9 Å². The molecule has 1 heterocycles. The fourth-order valence-electron chi connectivity index (χ4n) is 2.18. The Hall–Kier alpha value is -2.09. The summed E-state index contributed by atoms with van der Waals surface area (Å²) in [7, 11) is -3.04. The van der Waals surface area contributed by atoms with Crippen molar-refractivity contribution in [1.29, 1.82) is 0 Å². The summed E-state index contributed by atoms with van der Waals surface area (Å²) in [5.74, 6) is -0.423. The van der Waals surface area contributed by atoms with Crippen LogP contribution in [0.25, 0.3) is 0 Å². The molecule has 1 aromatic carbocycles. The number of hydrogen-bond donors (Lipinski definition) is 2. The number of benzene rings is 1. The first kappa shape index (κ1) is 16.3. The molecule has 1 aliphatic rings. The molecule has 3 N–H and O–H groups in total. The normalized spacial score (nSPS) is 21.0. The van der Waals surface area contributed by atoms with Gasteiger partial charge in [-0.25, -0.2) is 8.42 Å². The molecule has 1 saturated heterocycles. The Balaban J connectivity index is 1.90. The van der Waals surface area contributed by atoms with Crippen LogP contribution in [0.2, 0.25) is 0 Å². The lowest BCUT2D eigenvalue weighted by Gasteiger charge is -2.17. The van der Waals surface area contributed by atoms with Gasteiger partial charge in [0.25, 0.3) is 5.91 Å². The molecule has 1 aromatic rings. The quantitative estimate of drug-likeness (QED) is 0.781. The van der Waals surface area contributed by atoms with E-state index >= 15 is 0 Å². The Morgan fingerprint density at radius 3 is 2.45 bits per heavy atom. The van der Waals surface area contributed by atoms with Gasteiger partial charge in [-0.1, -0.05) is 0 Å². The summed E-state index contributed by atoms with van der Waals surface area (Å²) in [6, 6.07) is 5.74. The van der Waals surface area contributed by atoms with Crippen molar-refractivity contribution in [3.8, 4) is 5.75 Å². The van der Waals surface area contributed by atoms with Gasteiger partial charge in [-0.15, -0.1) is 0 Å². The van der Waals surface area contributed by atoms with Gasteiger partial charge in [0.15, 0.2) is 15.9 Å². The van der Waals surface area contributed by atoms with Gasteiger partial charge in [-0.05, 0) is 37.6 Å². The Morgan fingerprint density at radius 2 is 1.95 bits per heavy atom. The molecule has 0 unspecified atom stereocenters. The second-order valence-corrected chi connectivity index (χ2v) is 7.49. The maximum Gasteiger partial charge on any atom is 0.261 e. The Kier molecular flexibility index (Phi) is 4.70. The van der Waals surface area contributed by atoms with Crippen LogP contribution < -0.4 is 15.8 Å². The van der Waals surface area contributed by atoms with Crippen LogP contribution in [0.4, 0.5) is 0 Å². The second-order valence-electron chi connectivity index (χ2n) is 5.26. The van der Waals surface area contributed by atoms with E-state index < -0.39 is 21.8 Å². The van der Waals surface area contributed by atoms with Gasteiger partial charge < -0.3 is 15.8 Å². The highest BCUT2D eigenvalue weighted by Crippen LogP contribution is 2.15. The van der Waals surface area contributed by atoms with Crippen LogP contribution >= 0.6 is 0 Å². The smallest absolute Gasteiger partial charge is 0.261 e. The van der Waals surface area contributed by atoms with Gasteiger partial charge in [-0.2, -0.15) is 0 Å². The van der Waals surface area contributed by atoms with Crippen molar-refractivity contribution in [1.82, 2.24) is 5.32 Å². The van der Waals surface area contributed by atoms with Crippen LogP contribution in [0, 0.1) is 0 Å². The minimum absolute atomic E-state index is 0.0290. The highest BCUT2D eigenvalue weighted by atomic mass is 32.2. The van der Waals surface area contributed by atoms with E-state index in [1.54, 1.807) is 19.1 Å². The first-order valence-electron chi connectivity index (χ1n) is 6.84. The van der Waals surface area contributed by atoms with E-state index in [0.717, 1.165) is 0 Å². The third kappa shape index (κ3) is 4.20. The molecule has 0 spiro atoms. The molecule has 120 valence electrons. The highest BCUT2D eigenvalue weighted by Gasteiger charge is 2.30. The number of carbonyl (C=O) groups excluding carboxylic acids is 2. The lowest BCUT2D eigenvalue weighted by Crippen LogP contribution is -2.43. The van der Waals surface area contributed by atoms with Gasteiger partial charge in [0.2, 0.25) is 5.91 Å². The minimum Gasteiger partial charge on any atom is -0.481 e. The number of carbonyl (C=O) groups is 2. The van der Waals surface area contributed by atoms with E-state index in [2.05, 4.69) is 5.32 Å². The third-order valence-corrected chi connectivity index (χ3v) is 5.17. The maximum atomic E-state index is 12.0.